The van der Waals surface area contributed by atoms with Crippen molar-refractivity contribution in [2.24, 2.45) is 11.7 Å². The summed E-state index contributed by atoms with van der Waals surface area (Å²) in [7, 11) is 0. The summed E-state index contributed by atoms with van der Waals surface area (Å²) in [6.07, 6.45) is 3.96. The molecule has 0 saturated heterocycles. The van der Waals surface area contributed by atoms with E-state index in [0.717, 1.165) is 12.8 Å². The number of nitrogens with one attached hydrogen (secondary N) is 1. The predicted molar refractivity (Wildman–Crippen MR) is 66.2 cm³/mol. The Morgan fingerprint density at radius 1 is 1.31 bits per heavy atom. The van der Waals surface area contributed by atoms with Crippen molar-refractivity contribution in [1.82, 2.24) is 4.98 Å². The highest BCUT2D eigenvalue weighted by molar-refractivity contribution is 5.82. The van der Waals surface area contributed by atoms with Crippen molar-refractivity contribution in [2.45, 2.75) is 12.8 Å². The minimum Gasteiger partial charge on any atom is -0.396 e. The molecule has 0 amide bonds. The molecular weight excluding hydrogens is 200 g/mol. The number of aliphatic hydroxyl groups excluding tert-OH is 1. The van der Waals surface area contributed by atoms with Gasteiger partial charge < -0.3 is 15.8 Å². The first-order chi connectivity index (χ1) is 7.85. The fourth-order valence-electron chi connectivity index (χ4n) is 1.98. The maximum Gasteiger partial charge on any atom is 0.0471 e. The summed E-state index contributed by atoms with van der Waals surface area (Å²) in [5.41, 5.74) is 8.05. The van der Waals surface area contributed by atoms with Gasteiger partial charge in [-0.3, -0.25) is 0 Å². The molecule has 4 N–H and O–H groups in total. The molecule has 3 heteroatoms. The number of nitrogens with two attached hydrogens (primary N) is 1. The highest BCUT2D eigenvalue weighted by Crippen LogP contribution is 2.20. The second kappa shape index (κ2) is 5.14. The molecule has 1 unspecified atom stereocenters. The number of fused-ring (bicyclic) bond motifs is 1. The Kier molecular flexibility index (Phi) is 3.59. The molecule has 0 saturated carbocycles. The number of rotatable bonds is 5. The molecule has 0 aliphatic carbocycles. The quantitative estimate of drug-likeness (QED) is 0.715. The third-order valence-corrected chi connectivity index (χ3v) is 3.09. The van der Waals surface area contributed by atoms with E-state index in [0.29, 0.717) is 6.54 Å². The predicted octanol–water partition coefficient (Wildman–Crippen LogP) is 1.67. The van der Waals surface area contributed by atoms with Gasteiger partial charge in [0.05, 0.1) is 0 Å². The summed E-state index contributed by atoms with van der Waals surface area (Å²) in [4.78, 5) is 3.25. The Morgan fingerprint density at radius 2 is 2.12 bits per heavy atom. The molecule has 16 heavy (non-hydrogen) atoms. The van der Waals surface area contributed by atoms with Crippen molar-refractivity contribution >= 4 is 10.9 Å². The maximum absolute atomic E-state index is 9.08. The van der Waals surface area contributed by atoms with Crippen molar-refractivity contribution in [2.75, 3.05) is 13.2 Å². The summed E-state index contributed by atoms with van der Waals surface area (Å²) in [6, 6.07) is 8.27. The number of hydrogen-bond donors (Lipinski definition) is 3. The number of aromatic amines is 1. The van der Waals surface area contributed by atoms with Crippen LogP contribution in [-0.4, -0.2) is 23.2 Å². The van der Waals surface area contributed by atoms with Gasteiger partial charge in [0.1, 0.15) is 0 Å². The van der Waals surface area contributed by atoms with Crippen LogP contribution < -0.4 is 5.73 Å². The van der Waals surface area contributed by atoms with Gasteiger partial charge in [0.15, 0.2) is 0 Å². The van der Waals surface area contributed by atoms with Gasteiger partial charge in [-0.25, -0.2) is 0 Å². The van der Waals surface area contributed by atoms with E-state index in [1.165, 1.54) is 16.5 Å². The number of aromatic nitrogens is 1. The zero-order valence-corrected chi connectivity index (χ0v) is 9.32. The third kappa shape index (κ3) is 2.26. The summed E-state index contributed by atoms with van der Waals surface area (Å²) >= 11 is 0. The summed E-state index contributed by atoms with van der Waals surface area (Å²) in [6.45, 7) is 0.734. The maximum atomic E-state index is 9.08. The lowest BCUT2D eigenvalue weighted by Crippen LogP contribution is -2.18. The highest BCUT2D eigenvalue weighted by Gasteiger charge is 2.07. The number of hydrogen-bond acceptors (Lipinski definition) is 2. The highest BCUT2D eigenvalue weighted by atomic mass is 16.3. The monoisotopic (exact) mass is 218 g/mol. The third-order valence-electron chi connectivity index (χ3n) is 3.09. The largest absolute Gasteiger partial charge is 0.396 e. The average Bonchev–Trinajstić information content (AvgIpc) is 2.74. The first-order valence-electron chi connectivity index (χ1n) is 5.71. The van der Waals surface area contributed by atoms with Gasteiger partial charge in [-0.2, -0.15) is 0 Å². The first-order valence-corrected chi connectivity index (χ1v) is 5.71. The van der Waals surface area contributed by atoms with Crippen molar-refractivity contribution in [3.63, 3.8) is 0 Å². The lowest BCUT2D eigenvalue weighted by atomic mass is 10.00. The number of aryl methyl sites for hydroxylation is 1. The zero-order valence-electron chi connectivity index (χ0n) is 9.32. The number of benzene rings is 1. The second-order valence-corrected chi connectivity index (χ2v) is 4.18. The van der Waals surface area contributed by atoms with E-state index >= 15 is 0 Å². The minimum absolute atomic E-state index is 0.179. The summed E-state index contributed by atoms with van der Waals surface area (Å²) in [5.74, 6) is 0.216. The normalized spacial score (nSPS) is 13.1. The van der Waals surface area contributed by atoms with E-state index in [2.05, 4.69) is 23.3 Å². The Morgan fingerprint density at radius 3 is 2.88 bits per heavy atom. The molecule has 1 atom stereocenters. The molecular formula is C13H18N2O. The van der Waals surface area contributed by atoms with Crippen LogP contribution in [-0.2, 0) is 6.42 Å². The van der Waals surface area contributed by atoms with Gasteiger partial charge in [-0.05, 0) is 36.9 Å². The van der Waals surface area contributed by atoms with Crippen LogP contribution in [0.25, 0.3) is 10.9 Å². The Labute approximate surface area is 95.3 Å². The van der Waals surface area contributed by atoms with Gasteiger partial charge in [0.25, 0.3) is 0 Å². The van der Waals surface area contributed by atoms with Gasteiger partial charge in [-0.15, -0.1) is 0 Å². The molecule has 1 aromatic heterocycles. The molecule has 1 heterocycles. The molecule has 2 rings (SSSR count). The summed E-state index contributed by atoms with van der Waals surface area (Å²) in [5, 5.41) is 10.4. The van der Waals surface area contributed by atoms with Crippen LogP contribution in [0, 0.1) is 5.92 Å². The topological polar surface area (TPSA) is 62.0 Å². The van der Waals surface area contributed by atoms with Crippen molar-refractivity contribution in [3.8, 4) is 0 Å². The van der Waals surface area contributed by atoms with E-state index in [1.807, 2.05) is 12.1 Å². The van der Waals surface area contributed by atoms with E-state index in [4.69, 9.17) is 10.8 Å². The van der Waals surface area contributed by atoms with Crippen LogP contribution in [0.2, 0.25) is 0 Å². The smallest absolute Gasteiger partial charge is 0.0471 e. The van der Waals surface area contributed by atoms with Crippen molar-refractivity contribution in [1.29, 1.82) is 0 Å². The van der Waals surface area contributed by atoms with Crippen molar-refractivity contribution < 1.29 is 5.11 Å². The molecule has 0 fully saturated rings. The fraction of sp³-hybridized carbons (Fsp3) is 0.385. The number of H-pyrrole nitrogens is 1. The lowest BCUT2D eigenvalue weighted by molar-refractivity contribution is 0.223. The van der Waals surface area contributed by atoms with Crippen LogP contribution in [0.5, 0.6) is 0 Å². The molecule has 0 spiro atoms. The number of aliphatic hydroxyl groups is 1. The molecule has 1 aromatic carbocycles. The average molecular weight is 218 g/mol. The molecule has 0 radical (unpaired) electrons. The fourth-order valence-corrected chi connectivity index (χ4v) is 1.98. The van der Waals surface area contributed by atoms with E-state index in [-0.39, 0.29) is 12.5 Å². The SMILES string of the molecule is NCC(CO)CCc1c[nH]c2ccccc12. The molecule has 86 valence electrons. The van der Waals surface area contributed by atoms with E-state index in [9.17, 15) is 0 Å². The van der Waals surface area contributed by atoms with Gasteiger partial charge in [0.2, 0.25) is 0 Å². The van der Waals surface area contributed by atoms with Crippen molar-refractivity contribution in [3.05, 3.63) is 36.0 Å². The molecule has 2 aromatic rings. The van der Waals surface area contributed by atoms with Crippen LogP contribution in [0.1, 0.15) is 12.0 Å². The second-order valence-electron chi connectivity index (χ2n) is 4.18. The molecule has 0 aliphatic heterocycles. The first kappa shape index (κ1) is 11.2. The number of para-hydroxylation sites is 1. The Hall–Kier alpha value is -1.32. The van der Waals surface area contributed by atoms with Gasteiger partial charge >= 0.3 is 0 Å². The van der Waals surface area contributed by atoms with E-state index in [1.54, 1.807) is 0 Å². The molecule has 0 bridgehead atoms. The lowest BCUT2D eigenvalue weighted by Gasteiger charge is -2.10. The standard InChI is InChI=1S/C13H18N2O/c14-7-10(9-16)5-6-11-8-15-13-4-2-1-3-12(11)13/h1-4,8,10,15-16H,5-7,9,14H2. The van der Waals surface area contributed by atoms with Crippen LogP contribution in [0.3, 0.4) is 0 Å². The minimum atomic E-state index is 0.179. The zero-order chi connectivity index (χ0) is 11.4. The molecule has 3 nitrogen and oxygen atoms in total. The van der Waals surface area contributed by atoms with Gasteiger partial charge in [-0.1, -0.05) is 18.2 Å². The van der Waals surface area contributed by atoms with Crippen LogP contribution in [0.15, 0.2) is 30.5 Å². The van der Waals surface area contributed by atoms with Crippen LogP contribution in [0.4, 0.5) is 0 Å². The molecule has 0 aliphatic rings. The van der Waals surface area contributed by atoms with E-state index < -0.39 is 0 Å². The van der Waals surface area contributed by atoms with Gasteiger partial charge in [0, 0.05) is 23.7 Å². The summed E-state index contributed by atoms with van der Waals surface area (Å²) < 4.78 is 0. The van der Waals surface area contributed by atoms with Crippen LogP contribution >= 0.6 is 0 Å². The Balaban J connectivity index is 2.09. The Bertz CT molecular complexity index is 446.